The number of rotatable bonds is 5. The smallest absolute Gasteiger partial charge is 0.168 e. The van der Waals surface area contributed by atoms with Crippen molar-refractivity contribution in [1.29, 1.82) is 0 Å². The lowest BCUT2D eigenvalue weighted by atomic mass is 10.0. The highest BCUT2D eigenvalue weighted by Crippen LogP contribution is 2.39. The van der Waals surface area contributed by atoms with Crippen LogP contribution >= 0.6 is 0 Å². The number of carbonyl (C=O) groups is 1. The first-order valence-electron chi connectivity index (χ1n) is 6.23. The van der Waals surface area contributed by atoms with Crippen LogP contribution < -0.4 is 14.2 Å². The van der Waals surface area contributed by atoms with Gasteiger partial charge in [0.15, 0.2) is 17.8 Å². The number of methoxy groups -OCH3 is 3. The minimum atomic E-state index is -0.182. The molecule has 0 aliphatic heterocycles. The normalized spacial score (nSPS) is 10.0. The number of phenols is 1. The molecule has 0 aromatic heterocycles. The summed E-state index contributed by atoms with van der Waals surface area (Å²) in [6.45, 7) is 0. The molecule has 2 rings (SSSR count). The van der Waals surface area contributed by atoms with Crippen molar-refractivity contribution in [1.82, 2.24) is 0 Å². The van der Waals surface area contributed by atoms with E-state index in [0.29, 0.717) is 23.3 Å². The number of ether oxygens (including phenoxy) is 3. The third kappa shape index (κ3) is 2.76. The van der Waals surface area contributed by atoms with Crippen LogP contribution in [0.3, 0.4) is 0 Å². The SMILES string of the molecule is COc1ccc(OC)c(-c2cc(C=O)c(O)c(OC)c2)c1. The number of carbonyl (C=O) groups excluding carboxylic acids is 1. The number of hydrogen-bond donors (Lipinski definition) is 1. The van der Waals surface area contributed by atoms with E-state index in [-0.39, 0.29) is 17.1 Å². The van der Waals surface area contributed by atoms with Crippen molar-refractivity contribution in [2.45, 2.75) is 0 Å². The first-order chi connectivity index (χ1) is 10.1. The summed E-state index contributed by atoms with van der Waals surface area (Å²) in [6, 6.07) is 8.55. The average Bonchev–Trinajstić information content (AvgIpc) is 2.54. The maximum Gasteiger partial charge on any atom is 0.168 e. The molecule has 0 spiro atoms. The monoisotopic (exact) mass is 288 g/mol. The molecule has 0 bridgehead atoms. The van der Waals surface area contributed by atoms with Gasteiger partial charge in [-0.1, -0.05) is 0 Å². The van der Waals surface area contributed by atoms with Crippen molar-refractivity contribution in [3.8, 4) is 34.1 Å². The van der Waals surface area contributed by atoms with E-state index < -0.39 is 0 Å². The Morgan fingerprint density at radius 1 is 0.952 bits per heavy atom. The molecule has 0 amide bonds. The highest BCUT2D eigenvalue weighted by Gasteiger charge is 2.14. The van der Waals surface area contributed by atoms with Gasteiger partial charge in [-0.2, -0.15) is 0 Å². The van der Waals surface area contributed by atoms with E-state index in [1.165, 1.54) is 7.11 Å². The minimum Gasteiger partial charge on any atom is -0.504 e. The molecule has 1 N–H and O–H groups in total. The summed E-state index contributed by atoms with van der Waals surface area (Å²) in [6.07, 6.45) is 0.577. The van der Waals surface area contributed by atoms with Gasteiger partial charge in [0, 0.05) is 5.56 Å². The van der Waals surface area contributed by atoms with Gasteiger partial charge < -0.3 is 19.3 Å². The largest absolute Gasteiger partial charge is 0.504 e. The molecule has 0 aliphatic carbocycles. The van der Waals surface area contributed by atoms with Gasteiger partial charge in [0.05, 0.1) is 26.9 Å². The first-order valence-corrected chi connectivity index (χ1v) is 6.23. The second-order valence-electron chi connectivity index (χ2n) is 4.30. The Bertz CT molecular complexity index is 664. The Morgan fingerprint density at radius 2 is 1.67 bits per heavy atom. The molecular weight excluding hydrogens is 272 g/mol. The first kappa shape index (κ1) is 14.7. The van der Waals surface area contributed by atoms with Gasteiger partial charge in [0.25, 0.3) is 0 Å². The van der Waals surface area contributed by atoms with Crippen LogP contribution in [0.4, 0.5) is 0 Å². The van der Waals surface area contributed by atoms with Crippen molar-refractivity contribution in [2.24, 2.45) is 0 Å². The molecule has 2 aromatic rings. The summed E-state index contributed by atoms with van der Waals surface area (Å²) in [7, 11) is 4.56. The molecular formula is C16H16O5. The third-order valence-electron chi connectivity index (χ3n) is 3.17. The maximum absolute atomic E-state index is 11.1. The van der Waals surface area contributed by atoms with Crippen LogP contribution in [0.15, 0.2) is 30.3 Å². The fourth-order valence-corrected chi connectivity index (χ4v) is 2.07. The molecule has 0 saturated heterocycles. The Hall–Kier alpha value is -2.69. The lowest BCUT2D eigenvalue weighted by Crippen LogP contribution is -1.94. The summed E-state index contributed by atoms with van der Waals surface area (Å²) in [5.74, 6) is 1.32. The molecule has 110 valence electrons. The number of aromatic hydroxyl groups is 1. The number of hydrogen-bond acceptors (Lipinski definition) is 5. The van der Waals surface area contributed by atoms with E-state index in [1.807, 2.05) is 0 Å². The average molecular weight is 288 g/mol. The van der Waals surface area contributed by atoms with Crippen LogP contribution in [0.5, 0.6) is 23.0 Å². The van der Waals surface area contributed by atoms with Crippen LogP contribution in [0.1, 0.15) is 10.4 Å². The quantitative estimate of drug-likeness (QED) is 0.857. The lowest BCUT2D eigenvalue weighted by Gasteiger charge is -2.13. The fourth-order valence-electron chi connectivity index (χ4n) is 2.07. The zero-order valence-corrected chi connectivity index (χ0v) is 12.0. The van der Waals surface area contributed by atoms with E-state index in [4.69, 9.17) is 14.2 Å². The van der Waals surface area contributed by atoms with E-state index in [1.54, 1.807) is 44.6 Å². The molecule has 21 heavy (non-hydrogen) atoms. The van der Waals surface area contributed by atoms with E-state index >= 15 is 0 Å². The minimum absolute atomic E-state index is 0.147. The number of phenolic OH excluding ortho intramolecular Hbond substituents is 1. The molecule has 0 saturated carbocycles. The van der Waals surface area contributed by atoms with Gasteiger partial charge in [-0.25, -0.2) is 0 Å². The van der Waals surface area contributed by atoms with Gasteiger partial charge in [0.1, 0.15) is 11.5 Å². The molecule has 0 unspecified atom stereocenters. The molecule has 0 heterocycles. The Balaban J connectivity index is 2.68. The van der Waals surface area contributed by atoms with Crippen molar-refractivity contribution >= 4 is 6.29 Å². The summed E-state index contributed by atoms with van der Waals surface area (Å²) in [5, 5.41) is 9.88. The fraction of sp³-hybridized carbons (Fsp3) is 0.188. The maximum atomic E-state index is 11.1. The highest BCUT2D eigenvalue weighted by molar-refractivity contribution is 5.86. The molecule has 0 atom stereocenters. The van der Waals surface area contributed by atoms with Gasteiger partial charge in [-0.15, -0.1) is 0 Å². The van der Waals surface area contributed by atoms with Crippen molar-refractivity contribution in [3.63, 3.8) is 0 Å². The third-order valence-corrected chi connectivity index (χ3v) is 3.17. The van der Waals surface area contributed by atoms with Gasteiger partial charge in [0.2, 0.25) is 0 Å². The van der Waals surface area contributed by atoms with Gasteiger partial charge in [-0.3, -0.25) is 4.79 Å². The zero-order valence-electron chi connectivity index (χ0n) is 12.0. The standard InChI is InChI=1S/C16H16O5/c1-19-12-4-5-14(20-2)13(8-12)10-6-11(9-17)16(18)15(7-10)21-3/h4-9,18H,1-3H3. The predicted molar refractivity (Wildman–Crippen MR) is 78.6 cm³/mol. The molecule has 5 nitrogen and oxygen atoms in total. The van der Waals surface area contributed by atoms with Gasteiger partial charge in [-0.05, 0) is 35.9 Å². The van der Waals surface area contributed by atoms with Crippen molar-refractivity contribution in [3.05, 3.63) is 35.9 Å². The van der Waals surface area contributed by atoms with Crippen molar-refractivity contribution in [2.75, 3.05) is 21.3 Å². The predicted octanol–water partition coefficient (Wildman–Crippen LogP) is 2.90. The van der Waals surface area contributed by atoms with Gasteiger partial charge >= 0.3 is 0 Å². The van der Waals surface area contributed by atoms with E-state index in [9.17, 15) is 9.90 Å². The van der Waals surface area contributed by atoms with Crippen LogP contribution in [0.2, 0.25) is 0 Å². The lowest BCUT2D eigenvalue weighted by molar-refractivity contribution is 0.112. The molecule has 5 heteroatoms. The van der Waals surface area contributed by atoms with E-state index in [0.717, 1.165) is 5.56 Å². The summed E-state index contributed by atoms with van der Waals surface area (Å²) in [4.78, 5) is 11.1. The topological polar surface area (TPSA) is 65.0 Å². The van der Waals surface area contributed by atoms with Crippen LogP contribution in [0.25, 0.3) is 11.1 Å². The molecule has 0 fully saturated rings. The highest BCUT2D eigenvalue weighted by atomic mass is 16.5. The summed E-state index contributed by atoms with van der Waals surface area (Å²) >= 11 is 0. The second-order valence-corrected chi connectivity index (χ2v) is 4.30. The zero-order chi connectivity index (χ0) is 15.4. The number of benzene rings is 2. The molecule has 0 radical (unpaired) electrons. The Kier molecular flexibility index (Phi) is 4.33. The second kappa shape index (κ2) is 6.17. The Labute approximate surface area is 122 Å². The Morgan fingerprint density at radius 3 is 2.24 bits per heavy atom. The van der Waals surface area contributed by atoms with Crippen LogP contribution in [-0.4, -0.2) is 32.7 Å². The summed E-state index contributed by atoms with van der Waals surface area (Å²) in [5.41, 5.74) is 1.56. The summed E-state index contributed by atoms with van der Waals surface area (Å²) < 4.78 is 15.6. The van der Waals surface area contributed by atoms with Crippen LogP contribution in [-0.2, 0) is 0 Å². The van der Waals surface area contributed by atoms with Crippen molar-refractivity contribution < 1.29 is 24.1 Å². The molecule has 0 aliphatic rings. The number of aldehydes is 1. The molecule has 2 aromatic carbocycles. The van der Waals surface area contributed by atoms with Crippen LogP contribution in [0, 0.1) is 0 Å². The van der Waals surface area contributed by atoms with E-state index in [2.05, 4.69) is 0 Å².